The van der Waals surface area contributed by atoms with E-state index in [1.54, 1.807) is 6.20 Å². The number of thioether (sulfide) groups is 1. The number of nitrogens with zero attached hydrogens (tertiary/aromatic N) is 4. The van der Waals surface area contributed by atoms with Gasteiger partial charge in [-0.05, 0) is 56.7 Å². The van der Waals surface area contributed by atoms with Gasteiger partial charge in [-0.2, -0.15) is 0 Å². The van der Waals surface area contributed by atoms with Crippen LogP contribution in [0.15, 0.2) is 72.0 Å². The number of para-hydroxylation sites is 2. The molecule has 0 spiro atoms. The minimum Gasteiger partial charge on any atom is -0.492 e. The smallest absolute Gasteiger partial charge is 0.234 e. The van der Waals surface area contributed by atoms with Gasteiger partial charge in [0.25, 0.3) is 0 Å². The number of benzene rings is 2. The second-order valence-electron chi connectivity index (χ2n) is 7.41. The molecule has 168 valence electrons. The molecule has 33 heavy (non-hydrogen) atoms. The Kier molecular flexibility index (Phi) is 7.04. The summed E-state index contributed by atoms with van der Waals surface area (Å²) in [4.78, 5) is 17.2. The Morgan fingerprint density at radius 1 is 1.06 bits per heavy atom. The van der Waals surface area contributed by atoms with Crippen molar-refractivity contribution in [3.05, 3.63) is 78.0 Å². The number of carbonyl (C=O) groups excluding carboxylic acids is 1. The summed E-state index contributed by atoms with van der Waals surface area (Å²) in [5.74, 6) is 1.30. The standard InChI is InChI=1S/C25H25N5O2S/c1-4-32-22-11-6-5-9-19(22)27-23(31)16-33-25-29-28-24(20-10-7-8-14-26-20)30(25)21-13-12-17(2)15-18(21)3/h5-15H,4,16H2,1-3H3,(H,27,31). The van der Waals surface area contributed by atoms with E-state index in [1.807, 2.05) is 60.0 Å². The van der Waals surface area contributed by atoms with E-state index in [1.165, 1.54) is 17.3 Å². The van der Waals surface area contributed by atoms with Gasteiger partial charge < -0.3 is 10.1 Å². The summed E-state index contributed by atoms with van der Waals surface area (Å²) in [6.07, 6.45) is 1.73. The van der Waals surface area contributed by atoms with Gasteiger partial charge in [0, 0.05) is 6.20 Å². The average molecular weight is 460 g/mol. The number of nitrogens with one attached hydrogen (secondary N) is 1. The van der Waals surface area contributed by atoms with Crippen molar-refractivity contribution in [1.29, 1.82) is 0 Å². The van der Waals surface area contributed by atoms with E-state index in [9.17, 15) is 4.79 Å². The molecule has 1 N–H and O–H groups in total. The largest absolute Gasteiger partial charge is 0.492 e. The van der Waals surface area contributed by atoms with Crippen molar-refractivity contribution in [2.75, 3.05) is 17.7 Å². The van der Waals surface area contributed by atoms with Crippen LogP contribution in [0.4, 0.5) is 5.69 Å². The van der Waals surface area contributed by atoms with Gasteiger partial charge in [0.15, 0.2) is 11.0 Å². The van der Waals surface area contributed by atoms with Gasteiger partial charge in [-0.3, -0.25) is 14.3 Å². The van der Waals surface area contributed by atoms with Crippen LogP contribution in [-0.4, -0.2) is 38.0 Å². The predicted molar refractivity (Wildman–Crippen MR) is 131 cm³/mol. The van der Waals surface area contributed by atoms with Crippen LogP contribution in [0.3, 0.4) is 0 Å². The predicted octanol–water partition coefficient (Wildman–Crippen LogP) is 5.08. The first-order chi connectivity index (χ1) is 16.1. The maximum atomic E-state index is 12.7. The normalized spacial score (nSPS) is 10.8. The summed E-state index contributed by atoms with van der Waals surface area (Å²) in [5, 5.41) is 12.3. The maximum absolute atomic E-state index is 12.7. The van der Waals surface area contributed by atoms with E-state index in [2.05, 4.69) is 46.5 Å². The Labute approximate surface area is 197 Å². The zero-order chi connectivity index (χ0) is 23.2. The first kappa shape index (κ1) is 22.5. The monoisotopic (exact) mass is 459 g/mol. The van der Waals surface area contributed by atoms with Crippen LogP contribution in [0.5, 0.6) is 5.75 Å². The van der Waals surface area contributed by atoms with E-state index in [4.69, 9.17) is 4.74 Å². The summed E-state index contributed by atoms with van der Waals surface area (Å²) >= 11 is 1.33. The quantitative estimate of drug-likeness (QED) is 0.370. The third-order valence-corrected chi connectivity index (χ3v) is 5.84. The molecule has 0 saturated carbocycles. The molecule has 1 amide bonds. The Hall–Kier alpha value is -3.65. The molecule has 0 aliphatic carbocycles. The fourth-order valence-corrected chi connectivity index (χ4v) is 4.21. The van der Waals surface area contributed by atoms with E-state index < -0.39 is 0 Å². The number of aryl methyl sites for hydroxylation is 2. The first-order valence-electron chi connectivity index (χ1n) is 10.7. The molecule has 0 saturated heterocycles. The zero-order valence-corrected chi connectivity index (χ0v) is 19.6. The molecule has 2 aromatic carbocycles. The SMILES string of the molecule is CCOc1ccccc1NC(=O)CSc1nnc(-c2ccccn2)n1-c1ccc(C)cc1C. The molecule has 0 radical (unpaired) electrons. The van der Waals surface area contributed by atoms with Crippen LogP contribution < -0.4 is 10.1 Å². The molecule has 0 aliphatic heterocycles. The number of rotatable bonds is 8. The third-order valence-electron chi connectivity index (χ3n) is 4.91. The summed E-state index contributed by atoms with van der Waals surface area (Å²) in [6.45, 7) is 6.55. The number of hydrogen-bond donors (Lipinski definition) is 1. The van der Waals surface area contributed by atoms with Gasteiger partial charge in [-0.15, -0.1) is 10.2 Å². The molecule has 0 unspecified atom stereocenters. The van der Waals surface area contributed by atoms with Gasteiger partial charge >= 0.3 is 0 Å². The number of aromatic nitrogens is 4. The lowest BCUT2D eigenvalue weighted by Crippen LogP contribution is -2.15. The van der Waals surface area contributed by atoms with E-state index in [0.717, 1.165) is 11.3 Å². The lowest BCUT2D eigenvalue weighted by Gasteiger charge is -2.14. The van der Waals surface area contributed by atoms with E-state index >= 15 is 0 Å². The van der Waals surface area contributed by atoms with E-state index in [0.29, 0.717) is 34.7 Å². The van der Waals surface area contributed by atoms with E-state index in [-0.39, 0.29) is 11.7 Å². The fraction of sp³-hybridized carbons (Fsp3) is 0.200. The molecule has 0 aliphatic rings. The van der Waals surface area contributed by atoms with Crippen LogP contribution >= 0.6 is 11.8 Å². The highest BCUT2D eigenvalue weighted by Crippen LogP contribution is 2.30. The summed E-state index contributed by atoms with van der Waals surface area (Å²) in [7, 11) is 0. The highest BCUT2D eigenvalue weighted by atomic mass is 32.2. The Bertz CT molecular complexity index is 1260. The summed E-state index contributed by atoms with van der Waals surface area (Å²) < 4.78 is 7.56. The number of ether oxygens (including phenoxy) is 1. The second kappa shape index (κ2) is 10.3. The summed E-state index contributed by atoms with van der Waals surface area (Å²) in [6, 6.07) is 19.3. The van der Waals surface area contributed by atoms with Crippen LogP contribution in [-0.2, 0) is 4.79 Å². The third kappa shape index (κ3) is 5.23. The highest BCUT2D eigenvalue weighted by Gasteiger charge is 2.19. The molecule has 2 heterocycles. The topological polar surface area (TPSA) is 81.9 Å². The van der Waals surface area contributed by atoms with Crippen molar-refractivity contribution >= 4 is 23.4 Å². The zero-order valence-electron chi connectivity index (χ0n) is 18.8. The van der Waals surface area contributed by atoms with Crippen molar-refractivity contribution < 1.29 is 9.53 Å². The van der Waals surface area contributed by atoms with Gasteiger partial charge in [-0.1, -0.05) is 47.7 Å². The Balaban J connectivity index is 1.61. The van der Waals surface area contributed by atoms with Gasteiger partial charge in [0.1, 0.15) is 11.4 Å². The second-order valence-corrected chi connectivity index (χ2v) is 8.36. The van der Waals surface area contributed by atoms with Crippen LogP contribution in [0.1, 0.15) is 18.1 Å². The molecular formula is C25H25N5O2S. The molecule has 4 aromatic rings. The van der Waals surface area contributed by atoms with Crippen molar-refractivity contribution in [2.45, 2.75) is 25.9 Å². The number of amides is 1. The first-order valence-corrected chi connectivity index (χ1v) is 11.6. The molecule has 2 aromatic heterocycles. The minimum atomic E-state index is -0.151. The van der Waals surface area contributed by atoms with Gasteiger partial charge in [0.2, 0.25) is 5.91 Å². The maximum Gasteiger partial charge on any atom is 0.234 e. The minimum absolute atomic E-state index is 0.151. The molecule has 7 nitrogen and oxygen atoms in total. The highest BCUT2D eigenvalue weighted by molar-refractivity contribution is 7.99. The van der Waals surface area contributed by atoms with Crippen LogP contribution in [0.2, 0.25) is 0 Å². The number of hydrogen-bond acceptors (Lipinski definition) is 6. The van der Waals surface area contributed by atoms with Gasteiger partial charge in [-0.25, -0.2) is 0 Å². The van der Waals surface area contributed by atoms with Crippen molar-refractivity contribution in [3.8, 4) is 23.0 Å². The molecule has 0 fully saturated rings. The molecule has 4 rings (SSSR count). The van der Waals surface area contributed by atoms with Gasteiger partial charge in [0.05, 0.1) is 23.7 Å². The fourth-order valence-electron chi connectivity index (χ4n) is 3.47. The average Bonchev–Trinajstić information content (AvgIpc) is 3.23. The number of carbonyl (C=O) groups is 1. The molecule has 8 heteroatoms. The van der Waals surface area contributed by atoms with Crippen molar-refractivity contribution in [2.24, 2.45) is 0 Å². The molecular weight excluding hydrogens is 434 g/mol. The Morgan fingerprint density at radius 2 is 1.88 bits per heavy atom. The summed E-state index contributed by atoms with van der Waals surface area (Å²) in [5.41, 5.74) is 4.58. The number of anilines is 1. The van der Waals surface area contributed by atoms with Crippen molar-refractivity contribution in [1.82, 2.24) is 19.7 Å². The van der Waals surface area contributed by atoms with Crippen molar-refractivity contribution in [3.63, 3.8) is 0 Å². The lowest BCUT2D eigenvalue weighted by atomic mass is 10.1. The van der Waals surface area contributed by atoms with Crippen LogP contribution in [0.25, 0.3) is 17.2 Å². The molecule has 0 bridgehead atoms. The Morgan fingerprint density at radius 3 is 2.64 bits per heavy atom. The number of pyridine rings is 1. The molecule has 0 atom stereocenters. The lowest BCUT2D eigenvalue weighted by molar-refractivity contribution is -0.113. The van der Waals surface area contributed by atoms with Crippen LogP contribution in [0, 0.1) is 13.8 Å².